The minimum absolute atomic E-state index is 0.108. The number of hydrogen-bond donors (Lipinski definition) is 1. The molecule has 2 heterocycles. The summed E-state index contributed by atoms with van der Waals surface area (Å²) in [4.78, 5) is 12.8. The molecule has 0 spiro atoms. The van der Waals surface area contributed by atoms with Crippen LogP contribution in [0.2, 0.25) is 0 Å². The van der Waals surface area contributed by atoms with E-state index in [4.69, 9.17) is 9.47 Å². The third kappa shape index (κ3) is 3.16. The third-order valence-corrected chi connectivity index (χ3v) is 5.20. The second kappa shape index (κ2) is 7.02. The molecule has 0 radical (unpaired) electrons. The van der Waals surface area contributed by atoms with Crippen LogP contribution in [0.5, 0.6) is 11.5 Å². The molecule has 26 heavy (non-hydrogen) atoms. The van der Waals surface area contributed by atoms with Gasteiger partial charge in [0.15, 0.2) is 17.2 Å². The molecule has 2 aromatic rings. The normalized spacial score (nSPS) is 17.2. The highest BCUT2D eigenvalue weighted by molar-refractivity contribution is 5.94. The van der Waals surface area contributed by atoms with E-state index >= 15 is 0 Å². The Kier molecular flexibility index (Phi) is 4.57. The molecule has 1 atom stereocenters. The maximum atomic E-state index is 12.8. The first kappa shape index (κ1) is 16.9. The van der Waals surface area contributed by atoms with Crippen molar-refractivity contribution in [2.24, 2.45) is 7.05 Å². The zero-order valence-corrected chi connectivity index (χ0v) is 15.4. The van der Waals surface area contributed by atoms with Crippen molar-refractivity contribution in [2.75, 3.05) is 13.2 Å². The molecule has 1 N–H and O–H groups in total. The Morgan fingerprint density at radius 2 is 1.92 bits per heavy atom. The van der Waals surface area contributed by atoms with Crippen molar-refractivity contribution in [3.63, 3.8) is 0 Å². The predicted octanol–water partition coefficient (Wildman–Crippen LogP) is 2.95. The van der Waals surface area contributed by atoms with E-state index in [1.54, 1.807) is 0 Å². The van der Waals surface area contributed by atoms with Gasteiger partial charge in [0.25, 0.3) is 5.91 Å². The molecular formula is C20H25N3O3. The van der Waals surface area contributed by atoms with Gasteiger partial charge in [-0.3, -0.25) is 9.48 Å². The van der Waals surface area contributed by atoms with Crippen LogP contribution in [0.1, 0.15) is 59.5 Å². The fourth-order valence-electron chi connectivity index (χ4n) is 3.75. The van der Waals surface area contributed by atoms with Crippen molar-refractivity contribution in [1.29, 1.82) is 0 Å². The van der Waals surface area contributed by atoms with Crippen molar-refractivity contribution in [2.45, 2.75) is 45.1 Å². The summed E-state index contributed by atoms with van der Waals surface area (Å²) in [5.41, 5.74) is 3.88. The molecule has 1 aliphatic heterocycles. The van der Waals surface area contributed by atoms with Gasteiger partial charge in [0, 0.05) is 24.7 Å². The molecule has 1 amide bonds. The van der Waals surface area contributed by atoms with Crippen molar-refractivity contribution in [3.05, 3.63) is 40.7 Å². The number of carbonyl (C=O) groups is 1. The molecule has 0 saturated carbocycles. The Balaban J connectivity index is 1.52. The number of carbonyl (C=O) groups excluding carboxylic acids is 1. The van der Waals surface area contributed by atoms with Gasteiger partial charge in [-0.2, -0.15) is 5.10 Å². The summed E-state index contributed by atoms with van der Waals surface area (Å²) in [5, 5.41) is 7.57. The SMILES string of the molecule is C[C@@H](NC(=O)c1nn(C)c2c1CCCC2)c1ccc2c(c1)OCCCO2. The number of ether oxygens (including phenoxy) is 2. The summed E-state index contributed by atoms with van der Waals surface area (Å²) in [6.45, 7) is 3.30. The number of nitrogens with one attached hydrogen (secondary N) is 1. The molecule has 1 aliphatic carbocycles. The molecule has 138 valence electrons. The number of aromatic nitrogens is 2. The second-order valence-corrected chi connectivity index (χ2v) is 7.06. The third-order valence-electron chi connectivity index (χ3n) is 5.20. The van der Waals surface area contributed by atoms with Gasteiger partial charge in [-0.15, -0.1) is 0 Å². The van der Waals surface area contributed by atoms with Crippen LogP contribution >= 0.6 is 0 Å². The highest BCUT2D eigenvalue weighted by Crippen LogP contribution is 2.32. The van der Waals surface area contributed by atoms with Crippen molar-refractivity contribution < 1.29 is 14.3 Å². The molecule has 2 aliphatic rings. The number of aryl methyl sites for hydroxylation is 1. The van der Waals surface area contributed by atoms with Crippen LogP contribution in [-0.4, -0.2) is 28.9 Å². The quantitative estimate of drug-likeness (QED) is 0.919. The summed E-state index contributed by atoms with van der Waals surface area (Å²) >= 11 is 0. The zero-order chi connectivity index (χ0) is 18.1. The highest BCUT2D eigenvalue weighted by Gasteiger charge is 2.25. The van der Waals surface area contributed by atoms with Crippen LogP contribution in [0.15, 0.2) is 18.2 Å². The maximum Gasteiger partial charge on any atom is 0.272 e. The molecule has 1 aromatic carbocycles. The van der Waals surface area contributed by atoms with E-state index in [1.165, 1.54) is 12.1 Å². The lowest BCUT2D eigenvalue weighted by atomic mass is 9.95. The fraction of sp³-hybridized carbons (Fsp3) is 0.500. The molecule has 4 rings (SSSR count). The van der Waals surface area contributed by atoms with Gasteiger partial charge in [-0.05, 0) is 50.3 Å². The van der Waals surface area contributed by atoms with Gasteiger partial charge in [0.1, 0.15) is 0 Å². The lowest BCUT2D eigenvalue weighted by Crippen LogP contribution is -2.28. The fourth-order valence-corrected chi connectivity index (χ4v) is 3.75. The van der Waals surface area contributed by atoms with Gasteiger partial charge in [0.05, 0.1) is 19.3 Å². The summed E-state index contributed by atoms with van der Waals surface area (Å²) in [5.74, 6) is 1.41. The molecule has 0 bridgehead atoms. The van der Waals surface area contributed by atoms with E-state index in [0.717, 1.165) is 48.3 Å². The Morgan fingerprint density at radius 3 is 2.77 bits per heavy atom. The molecule has 6 heteroatoms. The van der Waals surface area contributed by atoms with E-state index in [0.29, 0.717) is 18.9 Å². The van der Waals surface area contributed by atoms with E-state index in [2.05, 4.69) is 10.4 Å². The first-order valence-corrected chi connectivity index (χ1v) is 9.38. The Morgan fingerprint density at radius 1 is 1.15 bits per heavy atom. The van der Waals surface area contributed by atoms with E-state index < -0.39 is 0 Å². The molecule has 0 saturated heterocycles. The number of rotatable bonds is 3. The predicted molar refractivity (Wildman–Crippen MR) is 97.8 cm³/mol. The van der Waals surface area contributed by atoms with E-state index in [1.807, 2.05) is 36.9 Å². The monoisotopic (exact) mass is 355 g/mol. The lowest BCUT2D eigenvalue weighted by molar-refractivity contribution is 0.0933. The van der Waals surface area contributed by atoms with Gasteiger partial charge in [0.2, 0.25) is 0 Å². The Bertz CT molecular complexity index is 828. The van der Waals surface area contributed by atoms with Crippen molar-refractivity contribution >= 4 is 5.91 Å². The van der Waals surface area contributed by atoms with Gasteiger partial charge in [-0.1, -0.05) is 6.07 Å². The van der Waals surface area contributed by atoms with Crippen LogP contribution in [0.3, 0.4) is 0 Å². The zero-order valence-electron chi connectivity index (χ0n) is 15.4. The minimum atomic E-state index is -0.138. The number of hydrogen-bond acceptors (Lipinski definition) is 4. The minimum Gasteiger partial charge on any atom is -0.490 e. The first-order valence-electron chi connectivity index (χ1n) is 9.38. The highest BCUT2D eigenvalue weighted by atomic mass is 16.5. The Labute approximate surface area is 153 Å². The van der Waals surface area contributed by atoms with Crippen LogP contribution in [0, 0.1) is 0 Å². The van der Waals surface area contributed by atoms with Crippen LogP contribution in [-0.2, 0) is 19.9 Å². The van der Waals surface area contributed by atoms with Crippen LogP contribution < -0.4 is 14.8 Å². The van der Waals surface area contributed by atoms with Gasteiger partial charge < -0.3 is 14.8 Å². The van der Waals surface area contributed by atoms with Crippen LogP contribution in [0.25, 0.3) is 0 Å². The standard InChI is InChI=1S/C20H25N3O3/c1-13(14-8-9-17-18(12-14)26-11-5-10-25-17)21-20(24)19-15-6-3-4-7-16(15)23(2)22-19/h8-9,12-13H,3-7,10-11H2,1-2H3,(H,21,24)/t13-/m1/s1. The molecular weight excluding hydrogens is 330 g/mol. The van der Waals surface area contributed by atoms with Crippen molar-refractivity contribution in [1.82, 2.24) is 15.1 Å². The summed E-state index contributed by atoms with van der Waals surface area (Å²) in [6, 6.07) is 5.72. The van der Waals surface area contributed by atoms with E-state index in [-0.39, 0.29) is 11.9 Å². The molecule has 0 unspecified atom stereocenters. The summed E-state index contributed by atoms with van der Waals surface area (Å²) in [7, 11) is 1.92. The largest absolute Gasteiger partial charge is 0.490 e. The lowest BCUT2D eigenvalue weighted by Gasteiger charge is -2.17. The molecule has 6 nitrogen and oxygen atoms in total. The van der Waals surface area contributed by atoms with E-state index in [9.17, 15) is 4.79 Å². The molecule has 1 aromatic heterocycles. The average Bonchev–Trinajstić information content (AvgIpc) is 2.83. The summed E-state index contributed by atoms with van der Waals surface area (Å²) in [6.07, 6.45) is 5.10. The second-order valence-electron chi connectivity index (χ2n) is 7.06. The number of benzene rings is 1. The Hall–Kier alpha value is -2.50. The van der Waals surface area contributed by atoms with Crippen molar-refractivity contribution in [3.8, 4) is 11.5 Å². The van der Waals surface area contributed by atoms with Gasteiger partial charge in [-0.25, -0.2) is 0 Å². The maximum absolute atomic E-state index is 12.8. The first-order chi connectivity index (χ1) is 12.6. The average molecular weight is 355 g/mol. The van der Waals surface area contributed by atoms with Gasteiger partial charge >= 0.3 is 0 Å². The molecule has 0 fully saturated rings. The number of fused-ring (bicyclic) bond motifs is 2. The number of amides is 1. The topological polar surface area (TPSA) is 65.4 Å². The van der Waals surface area contributed by atoms with Crippen LogP contribution in [0.4, 0.5) is 0 Å². The summed E-state index contributed by atoms with van der Waals surface area (Å²) < 4.78 is 13.3. The number of nitrogens with zero attached hydrogens (tertiary/aromatic N) is 2. The smallest absolute Gasteiger partial charge is 0.272 e.